The lowest BCUT2D eigenvalue weighted by atomic mass is 9.91. The van der Waals surface area contributed by atoms with E-state index in [1.54, 1.807) is 13.2 Å². The first-order valence-electron chi connectivity index (χ1n) is 7.22. The molecule has 2 rings (SSSR count). The standard InChI is InChI=1S/C15H24N2O2/c1-3-16-13-6-4-7-14-12(13)8-9-15(18)17(14)10-5-11-19-2/h8-9,13,16H,3-7,10-11H2,1-2H3. The molecule has 1 aliphatic carbocycles. The lowest BCUT2D eigenvalue weighted by Crippen LogP contribution is -2.32. The molecule has 4 nitrogen and oxygen atoms in total. The van der Waals surface area contributed by atoms with Crippen LogP contribution >= 0.6 is 0 Å². The zero-order chi connectivity index (χ0) is 13.7. The topological polar surface area (TPSA) is 43.3 Å². The van der Waals surface area contributed by atoms with Crippen molar-refractivity contribution in [3.05, 3.63) is 33.7 Å². The molecule has 0 bridgehead atoms. The molecule has 1 aromatic rings. The van der Waals surface area contributed by atoms with E-state index in [9.17, 15) is 4.79 Å². The third kappa shape index (κ3) is 3.25. The maximum atomic E-state index is 12.1. The monoisotopic (exact) mass is 264 g/mol. The van der Waals surface area contributed by atoms with Crippen LogP contribution in [0.1, 0.15) is 43.5 Å². The molecule has 19 heavy (non-hydrogen) atoms. The molecular weight excluding hydrogens is 240 g/mol. The van der Waals surface area contributed by atoms with Crippen LogP contribution in [-0.2, 0) is 17.7 Å². The Labute approximate surface area is 114 Å². The number of fused-ring (bicyclic) bond motifs is 1. The number of pyridine rings is 1. The number of nitrogens with zero attached hydrogens (tertiary/aromatic N) is 1. The van der Waals surface area contributed by atoms with Crippen molar-refractivity contribution in [2.24, 2.45) is 0 Å². The van der Waals surface area contributed by atoms with E-state index in [2.05, 4.69) is 12.2 Å². The number of rotatable bonds is 6. The molecule has 0 radical (unpaired) electrons. The van der Waals surface area contributed by atoms with Gasteiger partial charge in [0.05, 0.1) is 0 Å². The largest absolute Gasteiger partial charge is 0.385 e. The first-order valence-corrected chi connectivity index (χ1v) is 7.22. The average molecular weight is 264 g/mol. The number of hydrogen-bond donors (Lipinski definition) is 1. The fourth-order valence-corrected chi connectivity index (χ4v) is 2.93. The summed E-state index contributed by atoms with van der Waals surface area (Å²) in [4.78, 5) is 12.1. The number of methoxy groups -OCH3 is 1. The minimum atomic E-state index is 0.118. The fourth-order valence-electron chi connectivity index (χ4n) is 2.93. The van der Waals surface area contributed by atoms with Gasteiger partial charge in [-0.2, -0.15) is 0 Å². The van der Waals surface area contributed by atoms with Crippen LogP contribution in [0.4, 0.5) is 0 Å². The second kappa shape index (κ2) is 6.87. The summed E-state index contributed by atoms with van der Waals surface area (Å²) in [6, 6.07) is 4.13. The molecule has 0 aliphatic heterocycles. The zero-order valence-corrected chi connectivity index (χ0v) is 11.9. The van der Waals surface area contributed by atoms with Gasteiger partial charge in [-0.25, -0.2) is 0 Å². The Morgan fingerprint density at radius 3 is 3.05 bits per heavy atom. The van der Waals surface area contributed by atoms with Gasteiger partial charge in [-0.15, -0.1) is 0 Å². The summed E-state index contributed by atoms with van der Waals surface area (Å²) in [6.45, 7) is 4.55. The number of hydrogen-bond acceptors (Lipinski definition) is 3. The van der Waals surface area contributed by atoms with Crippen LogP contribution in [0.5, 0.6) is 0 Å². The van der Waals surface area contributed by atoms with Crippen molar-refractivity contribution in [1.29, 1.82) is 0 Å². The molecule has 1 heterocycles. The molecule has 1 unspecified atom stereocenters. The molecule has 0 aromatic carbocycles. The number of aromatic nitrogens is 1. The molecule has 4 heteroatoms. The lowest BCUT2D eigenvalue weighted by molar-refractivity contribution is 0.189. The SMILES string of the molecule is CCNC1CCCc2c1ccc(=O)n2CCCOC. The van der Waals surface area contributed by atoms with Gasteiger partial charge in [0, 0.05) is 38.1 Å². The van der Waals surface area contributed by atoms with Crippen LogP contribution in [-0.4, -0.2) is 24.8 Å². The van der Waals surface area contributed by atoms with Gasteiger partial charge < -0.3 is 14.6 Å². The highest BCUT2D eigenvalue weighted by molar-refractivity contribution is 5.27. The van der Waals surface area contributed by atoms with Crippen molar-refractivity contribution in [3.8, 4) is 0 Å². The molecule has 1 atom stereocenters. The molecule has 0 saturated carbocycles. The van der Waals surface area contributed by atoms with Gasteiger partial charge in [0.2, 0.25) is 0 Å². The third-order valence-electron chi connectivity index (χ3n) is 3.79. The maximum absolute atomic E-state index is 12.1. The summed E-state index contributed by atoms with van der Waals surface area (Å²) in [5.74, 6) is 0. The zero-order valence-electron chi connectivity index (χ0n) is 11.9. The summed E-state index contributed by atoms with van der Waals surface area (Å²) >= 11 is 0. The Morgan fingerprint density at radius 1 is 1.47 bits per heavy atom. The van der Waals surface area contributed by atoms with Crippen molar-refractivity contribution < 1.29 is 4.74 Å². The van der Waals surface area contributed by atoms with E-state index < -0.39 is 0 Å². The Kier molecular flexibility index (Phi) is 5.16. The Bertz CT molecular complexity index is 468. The molecule has 0 saturated heterocycles. The van der Waals surface area contributed by atoms with Crippen LogP contribution in [0.25, 0.3) is 0 Å². The van der Waals surface area contributed by atoms with Gasteiger partial charge >= 0.3 is 0 Å². The van der Waals surface area contributed by atoms with Crippen molar-refractivity contribution in [2.45, 2.75) is 45.2 Å². The van der Waals surface area contributed by atoms with Crippen LogP contribution in [0.2, 0.25) is 0 Å². The van der Waals surface area contributed by atoms with Crippen LogP contribution < -0.4 is 10.9 Å². The summed E-state index contributed by atoms with van der Waals surface area (Å²) in [5.41, 5.74) is 2.65. The predicted octanol–water partition coefficient (Wildman–Crippen LogP) is 1.87. The quantitative estimate of drug-likeness (QED) is 0.798. The first-order chi connectivity index (χ1) is 9.27. The molecule has 0 spiro atoms. The highest BCUT2D eigenvalue weighted by atomic mass is 16.5. The molecule has 1 N–H and O–H groups in total. The van der Waals surface area contributed by atoms with Gasteiger partial charge in [0.1, 0.15) is 0 Å². The summed E-state index contributed by atoms with van der Waals surface area (Å²) in [5, 5.41) is 3.51. The molecule has 0 amide bonds. The second-order valence-corrected chi connectivity index (χ2v) is 5.07. The summed E-state index contributed by atoms with van der Waals surface area (Å²) in [6.07, 6.45) is 4.22. The van der Waals surface area contributed by atoms with Gasteiger partial charge in [-0.05, 0) is 37.8 Å². The maximum Gasteiger partial charge on any atom is 0.250 e. The molecular formula is C15H24N2O2. The number of nitrogens with one attached hydrogen (secondary N) is 1. The normalized spacial score (nSPS) is 18.3. The number of ether oxygens (including phenoxy) is 1. The van der Waals surface area contributed by atoms with Gasteiger partial charge in [0.25, 0.3) is 5.56 Å². The van der Waals surface area contributed by atoms with E-state index in [0.29, 0.717) is 12.6 Å². The van der Waals surface area contributed by atoms with Gasteiger partial charge in [0.15, 0.2) is 0 Å². The summed E-state index contributed by atoms with van der Waals surface area (Å²) in [7, 11) is 1.70. The first kappa shape index (κ1) is 14.3. The minimum Gasteiger partial charge on any atom is -0.385 e. The second-order valence-electron chi connectivity index (χ2n) is 5.07. The Hall–Kier alpha value is -1.13. The van der Waals surface area contributed by atoms with E-state index in [1.165, 1.54) is 11.3 Å². The van der Waals surface area contributed by atoms with Gasteiger partial charge in [-0.3, -0.25) is 4.79 Å². The minimum absolute atomic E-state index is 0.118. The highest BCUT2D eigenvalue weighted by Gasteiger charge is 2.22. The van der Waals surface area contributed by atoms with E-state index in [0.717, 1.165) is 38.8 Å². The molecule has 106 valence electrons. The third-order valence-corrected chi connectivity index (χ3v) is 3.79. The van der Waals surface area contributed by atoms with Crippen molar-refractivity contribution in [3.63, 3.8) is 0 Å². The van der Waals surface area contributed by atoms with E-state index >= 15 is 0 Å². The Balaban J connectivity index is 2.27. The van der Waals surface area contributed by atoms with Crippen molar-refractivity contribution >= 4 is 0 Å². The molecule has 0 fully saturated rings. The fraction of sp³-hybridized carbons (Fsp3) is 0.667. The van der Waals surface area contributed by atoms with Crippen LogP contribution in [0.15, 0.2) is 16.9 Å². The van der Waals surface area contributed by atoms with Crippen molar-refractivity contribution in [2.75, 3.05) is 20.3 Å². The van der Waals surface area contributed by atoms with E-state index in [1.807, 2.05) is 10.6 Å². The smallest absolute Gasteiger partial charge is 0.250 e. The average Bonchev–Trinajstić information content (AvgIpc) is 2.42. The van der Waals surface area contributed by atoms with E-state index in [-0.39, 0.29) is 5.56 Å². The molecule has 1 aliphatic rings. The Morgan fingerprint density at radius 2 is 2.32 bits per heavy atom. The highest BCUT2D eigenvalue weighted by Crippen LogP contribution is 2.28. The van der Waals surface area contributed by atoms with Gasteiger partial charge in [-0.1, -0.05) is 13.0 Å². The van der Waals surface area contributed by atoms with Crippen LogP contribution in [0, 0.1) is 0 Å². The van der Waals surface area contributed by atoms with E-state index in [4.69, 9.17) is 4.74 Å². The lowest BCUT2D eigenvalue weighted by Gasteiger charge is -2.28. The van der Waals surface area contributed by atoms with Crippen molar-refractivity contribution in [1.82, 2.24) is 9.88 Å². The summed E-state index contributed by atoms with van der Waals surface area (Å²) < 4.78 is 7.02. The van der Waals surface area contributed by atoms with Crippen LogP contribution in [0.3, 0.4) is 0 Å². The predicted molar refractivity (Wildman–Crippen MR) is 76.6 cm³/mol. The molecule has 1 aromatic heterocycles.